The van der Waals surface area contributed by atoms with E-state index in [1.807, 2.05) is 23.0 Å². The molecule has 2 saturated heterocycles. The lowest BCUT2D eigenvalue weighted by atomic mass is 9.89. The first-order chi connectivity index (χ1) is 26.8. The lowest BCUT2D eigenvalue weighted by molar-refractivity contribution is -0.134. The fourth-order valence-corrected chi connectivity index (χ4v) is 8.81. The molecular weight excluding hydrogens is 721 g/mol. The van der Waals surface area contributed by atoms with Crippen LogP contribution in [0.25, 0.3) is 10.9 Å². The van der Waals surface area contributed by atoms with Crippen LogP contribution in [0, 0.1) is 11.6 Å². The molecule has 2 aliphatic heterocycles. The topological polar surface area (TPSA) is 142 Å². The molecule has 56 heavy (non-hydrogen) atoms. The fraction of sp³-hybridized carbons (Fsp3) is 0.500. The molecule has 0 bridgehead atoms. The van der Waals surface area contributed by atoms with Crippen molar-refractivity contribution >= 4 is 34.3 Å². The molecule has 0 radical (unpaired) electrons. The molecule has 296 valence electrons. The van der Waals surface area contributed by atoms with Gasteiger partial charge in [0.15, 0.2) is 0 Å². The summed E-state index contributed by atoms with van der Waals surface area (Å²) in [6.07, 6.45) is 10.2. The minimum absolute atomic E-state index is 0.0601. The molecule has 8 rings (SSSR count). The number of nitrogens with one attached hydrogen (secondary N) is 2. The predicted octanol–water partition coefficient (Wildman–Crippen LogP) is 5.16. The van der Waals surface area contributed by atoms with Crippen molar-refractivity contribution in [2.75, 3.05) is 38.0 Å². The van der Waals surface area contributed by atoms with Crippen molar-refractivity contribution < 1.29 is 28.3 Å². The number of piperazine rings is 1. The number of benzene rings is 2. The number of amides is 3. The Morgan fingerprint density at radius 3 is 2.27 bits per heavy atom. The number of nitrogens with zero attached hydrogens (tertiary/aromatic N) is 5. The zero-order valence-electron chi connectivity index (χ0n) is 31.9. The van der Waals surface area contributed by atoms with Gasteiger partial charge in [-0.25, -0.2) is 8.78 Å². The third-order valence-corrected chi connectivity index (χ3v) is 12.1. The van der Waals surface area contributed by atoms with Gasteiger partial charge in [-0.1, -0.05) is 0 Å². The number of piperidine rings is 1. The molecule has 2 aromatic heterocycles. The van der Waals surface area contributed by atoms with Crippen LogP contribution in [0.15, 0.2) is 53.6 Å². The van der Waals surface area contributed by atoms with Gasteiger partial charge in [-0.3, -0.25) is 34.1 Å². The van der Waals surface area contributed by atoms with E-state index in [0.717, 1.165) is 75.6 Å². The Hall–Kier alpha value is -4.79. The number of hydrogen-bond donors (Lipinski definition) is 3. The number of aromatic nitrogens is 3. The maximum Gasteiger partial charge on any atom is 0.263 e. The van der Waals surface area contributed by atoms with Crippen molar-refractivity contribution in [2.24, 2.45) is 0 Å². The van der Waals surface area contributed by atoms with E-state index >= 15 is 8.78 Å². The van der Waals surface area contributed by atoms with Crippen molar-refractivity contribution in [3.05, 3.63) is 93.0 Å². The molecule has 1 atom stereocenters. The highest BCUT2D eigenvalue weighted by atomic mass is 19.1. The lowest BCUT2D eigenvalue weighted by Crippen LogP contribution is -2.51. The van der Waals surface area contributed by atoms with E-state index in [1.165, 1.54) is 18.2 Å². The van der Waals surface area contributed by atoms with E-state index in [1.54, 1.807) is 30.7 Å². The molecule has 4 aromatic rings. The predicted molar refractivity (Wildman–Crippen MR) is 206 cm³/mol. The molecule has 4 fully saturated rings. The molecule has 2 saturated carbocycles. The van der Waals surface area contributed by atoms with Gasteiger partial charge in [-0.15, -0.1) is 0 Å². The number of fused-ring (bicyclic) bond motifs is 1. The Labute approximate surface area is 323 Å². The first-order valence-corrected chi connectivity index (χ1v) is 19.9. The Kier molecular flexibility index (Phi) is 10.4. The number of imide groups is 1. The molecule has 3 N–H and O–H groups in total. The SMILES string of the molecule is CC(C)(O)c1cc2nn(C3CCC(N4CCN(CCc5cc(F)c([C@H]6CCC(=O)NC6=O)c(F)c5)CC4)CC3)cc2cc1NC(=O)c1cccn(C2CC2)c1=O. The summed E-state index contributed by atoms with van der Waals surface area (Å²) in [6, 6.07) is 10.4. The van der Waals surface area contributed by atoms with Gasteiger partial charge in [-0.2, -0.15) is 5.10 Å². The zero-order valence-corrected chi connectivity index (χ0v) is 31.9. The molecule has 14 heteroatoms. The number of carbonyl (C=O) groups is 3. The van der Waals surface area contributed by atoms with Crippen LogP contribution in [0.1, 0.15) is 110 Å². The normalized spacial score (nSPS) is 22.7. The Morgan fingerprint density at radius 2 is 1.61 bits per heavy atom. The first kappa shape index (κ1) is 38.1. The molecule has 4 aliphatic rings. The van der Waals surface area contributed by atoms with Gasteiger partial charge in [0, 0.05) is 85.8 Å². The molecule has 2 aromatic carbocycles. The van der Waals surface area contributed by atoms with Gasteiger partial charge in [0.2, 0.25) is 11.8 Å². The van der Waals surface area contributed by atoms with Gasteiger partial charge in [-0.05, 0) is 107 Å². The number of carbonyl (C=O) groups excluding carboxylic acids is 3. The van der Waals surface area contributed by atoms with Crippen molar-refractivity contribution in [3.63, 3.8) is 0 Å². The van der Waals surface area contributed by atoms with E-state index in [-0.39, 0.29) is 41.6 Å². The van der Waals surface area contributed by atoms with Crippen molar-refractivity contribution in [1.29, 1.82) is 0 Å². The van der Waals surface area contributed by atoms with E-state index in [2.05, 4.69) is 20.4 Å². The van der Waals surface area contributed by atoms with Crippen LogP contribution in [0.3, 0.4) is 0 Å². The van der Waals surface area contributed by atoms with Crippen molar-refractivity contribution in [2.45, 2.75) is 101 Å². The van der Waals surface area contributed by atoms with Crippen LogP contribution in [-0.2, 0) is 21.6 Å². The zero-order chi connectivity index (χ0) is 39.3. The standard InChI is InChI=1S/C42H49F2N7O5/c1-42(2,56)32-23-35-26(22-36(32)45-40(54)31-4-3-14-50(41(31)55)28-7-8-28)24-51(47-35)29-9-5-27(6-10-29)49-18-16-48(17-19-49)15-13-25-20-33(43)38(34(44)21-25)30-11-12-37(52)46-39(30)53/h3-4,14,20-24,27-30,56H,5-13,15-19H2,1-2H3,(H,45,54)(H,46,52,53)/t27?,29?,30-/m1/s1. The monoisotopic (exact) mass is 769 g/mol. The van der Waals surface area contributed by atoms with Crippen LogP contribution in [0.4, 0.5) is 14.5 Å². The van der Waals surface area contributed by atoms with Gasteiger partial charge < -0.3 is 19.9 Å². The minimum Gasteiger partial charge on any atom is -0.386 e. The highest BCUT2D eigenvalue weighted by Crippen LogP contribution is 2.37. The van der Waals surface area contributed by atoms with Crippen molar-refractivity contribution in [3.8, 4) is 0 Å². The van der Waals surface area contributed by atoms with E-state index in [0.29, 0.717) is 35.8 Å². The van der Waals surface area contributed by atoms with Crippen LogP contribution in [0.5, 0.6) is 0 Å². The largest absolute Gasteiger partial charge is 0.386 e. The average Bonchev–Trinajstić information content (AvgIpc) is 3.92. The molecule has 4 heterocycles. The summed E-state index contributed by atoms with van der Waals surface area (Å²) in [6.45, 7) is 7.58. The summed E-state index contributed by atoms with van der Waals surface area (Å²) in [7, 11) is 0. The molecule has 0 spiro atoms. The summed E-state index contributed by atoms with van der Waals surface area (Å²) in [5.74, 6) is -4.06. The van der Waals surface area contributed by atoms with Gasteiger partial charge in [0.05, 0.1) is 23.1 Å². The smallest absolute Gasteiger partial charge is 0.263 e. The molecule has 12 nitrogen and oxygen atoms in total. The Bertz CT molecular complexity index is 2200. The van der Waals surface area contributed by atoms with Crippen LogP contribution >= 0.6 is 0 Å². The number of halogens is 2. The number of aliphatic hydroxyl groups is 1. The fourth-order valence-electron chi connectivity index (χ4n) is 8.81. The average molecular weight is 770 g/mol. The third-order valence-electron chi connectivity index (χ3n) is 12.1. The molecule has 3 amide bonds. The molecular formula is C42H49F2N7O5. The lowest BCUT2D eigenvalue weighted by Gasteiger charge is -2.42. The maximum absolute atomic E-state index is 15.0. The summed E-state index contributed by atoms with van der Waals surface area (Å²) in [4.78, 5) is 55.0. The second kappa shape index (κ2) is 15.3. The Morgan fingerprint density at radius 1 is 0.929 bits per heavy atom. The van der Waals surface area contributed by atoms with Crippen molar-refractivity contribution in [1.82, 2.24) is 29.5 Å². The van der Waals surface area contributed by atoms with Gasteiger partial charge in [0.1, 0.15) is 17.2 Å². The molecule has 0 unspecified atom stereocenters. The van der Waals surface area contributed by atoms with Crippen LogP contribution < -0.4 is 16.2 Å². The number of rotatable bonds is 10. The quantitative estimate of drug-likeness (QED) is 0.188. The van der Waals surface area contributed by atoms with E-state index in [4.69, 9.17) is 5.10 Å². The van der Waals surface area contributed by atoms with E-state index in [9.17, 15) is 24.3 Å². The van der Waals surface area contributed by atoms with Gasteiger partial charge >= 0.3 is 0 Å². The molecule has 2 aliphatic carbocycles. The second-order valence-corrected chi connectivity index (χ2v) is 16.5. The van der Waals surface area contributed by atoms with Crippen LogP contribution in [-0.4, -0.2) is 85.7 Å². The summed E-state index contributed by atoms with van der Waals surface area (Å²) in [5, 5.41) is 21.9. The highest BCUT2D eigenvalue weighted by molar-refractivity contribution is 6.05. The summed E-state index contributed by atoms with van der Waals surface area (Å²) >= 11 is 0. The Balaban J connectivity index is 0.853. The maximum atomic E-state index is 15.0. The first-order valence-electron chi connectivity index (χ1n) is 19.9. The van der Waals surface area contributed by atoms with Gasteiger partial charge in [0.25, 0.3) is 11.5 Å². The number of hydrogen-bond acceptors (Lipinski definition) is 8. The number of anilines is 1. The summed E-state index contributed by atoms with van der Waals surface area (Å²) < 4.78 is 33.7. The highest BCUT2D eigenvalue weighted by Gasteiger charge is 2.34. The van der Waals surface area contributed by atoms with E-state index < -0.39 is 40.9 Å². The third kappa shape index (κ3) is 7.91. The minimum atomic E-state index is -1.27. The van der Waals surface area contributed by atoms with Crippen LogP contribution in [0.2, 0.25) is 0 Å². The second-order valence-electron chi connectivity index (χ2n) is 16.5. The summed E-state index contributed by atoms with van der Waals surface area (Å²) in [5.41, 5.74) is 0.465. The number of pyridine rings is 1.